The lowest BCUT2D eigenvalue weighted by Gasteiger charge is -2.18. The maximum atomic E-state index is 12.9. The highest BCUT2D eigenvalue weighted by Crippen LogP contribution is 2.22. The standard InChI is InChI=1S/C16H19FN2O/c1-3-15(16-8-7-13(17)10-18-16)19-14-6-4-5-12(9-14)11-20-2/h4-10,15,19H,3,11H2,1-2H3. The summed E-state index contributed by atoms with van der Waals surface area (Å²) in [6, 6.07) is 11.3. The molecule has 1 N–H and O–H groups in total. The first-order valence-corrected chi connectivity index (χ1v) is 6.68. The predicted octanol–water partition coefficient (Wildman–Crippen LogP) is 3.93. The molecule has 20 heavy (non-hydrogen) atoms. The van der Waals surface area contributed by atoms with Gasteiger partial charge in [0.15, 0.2) is 0 Å². The number of halogens is 1. The molecule has 0 spiro atoms. The third-order valence-electron chi connectivity index (χ3n) is 3.09. The zero-order valence-corrected chi connectivity index (χ0v) is 11.8. The van der Waals surface area contributed by atoms with Crippen LogP contribution in [0, 0.1) is 5.82 Å². The molecule has 0 amide bonds. The van der Waals surface area contributed by atoms with Crippen LogP contribution in [0.25, 0.3) is 0 Å². The van der Waals surface area contributed by atoms with Crippen LogP contribution in [0.2, 0.25) is 0 Å². The third-order valence-corrected chi connectivity index (χ3v) is 3.09. The van der Waals surface area contributed by atoms with E-state index in [0.717, 1.165) is 23.4 Å². The summed E-state index contributed by atoms with van der Waals surface area (Å²) >= 11 is 0. The highest BCUT2D eigenvalue weighted by atomic mass is 19.1. The van der Waals surface area contributed by atoms with Crippen molar-refractivity contribution in [3.63, 3.8) is 0 Å². The number of hydrogen-bond donors (Lipinski definition) is 1. The van der Waals surface area contributed by atoms with Gasteiger partial charge in [0.05, 0.1) is 24.5 Å². The molecule has 1 aromatic carbocycles. The number of aromatic nitrogens is 1. The molecule has 0 bridgehead atoms. The summed E-state index contributed by atoms with van der Waals surface area (Å²) in [4.78, 5) is 4.14. The van der Waals surface area contributed by atoms with Crippen LogP contribution in [-0.2, 0) is 11.3 Å². The van der Waals surface area contributed by atoms with E-state index < -0.39 is 0 Å². The molecule has 1 unspecified atom stereocenters. The number of pyridine rings is 1. The lowest BCUT2D eigenvalue weighted by molar-refractivity contribution is 0.185. The van der Waals surface area contributed by atoms with Crippen molar-refractivity contribution in [2.45, 2.75) is 26.0 Å². The molecular weight excluding hydrogens is 255 g/mol. The molecule has 2 aromatic rings. The minimum atomic E-state index is -0.314. The SMILES string of the molecule is CCC(Nc1cccc(COC)c1)c1ccc(F)cn1. The van der Waals surface area contributed by atoms with Gasteiger partial charge in [0.25, 0.3) is 0 Å². The zero-order valence-electron chi connectivity index (χ0n) is 11.8. The minimum absolute atomic E-state index is 0.0633. The summed E-state index contributed by atoms with van der Waals surface area (Å²) in [6.07, 6.45) is 2.12. The summed E-state index contributed by atoms with van der Waals surface area (Å²) in [6.45, 7) is 2.66. The second kappa shape index (κ2) is 7.01. The van der Waals surface area contributed by atoms with Gasteiger partial charge in [0.1, 0.15) is 5.82 Å². The van der Waals surface area contributed by atoms with Crippen molar-refractivity contribution in [1.82, 2.24) is 4.98 Å². The smallest absolute Gasteiger partial charge is 0.141 e. The van der Waals surface area contributed by atoms with Crippen molar-refractivity contribution in [3.05, 3.63) is 59.7 Å². The Morgan fingerprint density at radius 3 is 2.80 bits per heavy atom. The largest absolute Gasteiger partial charge is 0.380 e. The molecule has 0 aliphatic rings. The molecule has 1 atom stereocenters. The number of methoxy groups -OCH3 is 1. The maximum Gasteiger partial charge on any atom is 0.141 e. The van der Waals surface area contributed by atoms with Gasteiger partial charge < -0.3 is 10.1 Å². The zero-order chi connectivity index (χ0) is 14.4. The Hall–Kier alpha value is -1.94. The van der Waals surface area contributed by atoms with Gasteiger partial charge in [-0.05, 0) is 36.2 Å². The van der Waals surface area contributed by atoms with E-state index in [1.54, 1.807) is 13.2 Å². The van der Waals surface area contributed by atoms with E-state index in [9.17, 15) is 4.39 Å². The Balaban J connectivity index is 2.13. The van der Waals surface area contributed by atoms with Crippen LogP contribution < -0.4 is 5.32 Å². The average Bonchev–Trinajstić information content (AvgIpc) is 2.47. The summed E-state index contributed by atoms with van der Waals surface area (Å²) in [5.41, 5.74) is 2.96. The van der Waals surface area contributed by atoms with Crippen molar-refractivity contribution in [2.75, 3.05) is 12.4 Å². The van der Waals surface area contributed by atoms with Gasteiger partial charge in [-0.2, -0.15) is 0 Å². The van der Waals surface area contributed by atoms with E-state index in [1.807, 2.05) is 18.2 Å². The first-order valence-electron chi connectivity index (χ1n) is 6.68. The van der Waals surface area contributed by atoms with Crippen molar-refractivity contribution in [2.24, 2.45) is 0 Å². The lowest BCUT2D eigenvalue weighted by atomic mass is 10.1. The number of benzene rings is 1. The molecule has 0 aliphatic carbocycles. The van der Waals surface area contributed by atoms with E-state index in [-0.39, 0.29) is 11.9 Å². The normalized spacial score (nSPS) is 12.2. The number of hydrogen-bond acceptors (Lipinski definition) is 3. The maximum absolute atomic E-state index is 12.9. The molecule has 1 heterocycles. The van der Waals surface area contributed by atoms with E-state index in [4.69, 9.17) is 4.74 Å². The van der Waals surface area contributed by atoms with Gasteiger partial charge in [-0.1, -0.05) is 19.1 Å². The molecule has 0 aliphatic heterocycles. The monoisotopic (exact) mass is 274 g/mol. The first-order chi connectivity index (χ1) is 9.72. The number of rotatable bonds is 6. The van der Waals surface area contributed by atoms with Crippen molar-refractivity contribution in [1.29, 1.82) is 0 Å². The second-order valence-corrected chi connectivity index (χ2v) is 4.64. The fourth-order valence-corrected chi connectivity index (χ4v) is 2.10. The average molecular weight is 274 g/mol. The highest BCUT2D eigenvalue weighted by molar-refractivity contribution is 5.47. The summed E-state index contributed by atoms with van der Waals surface area (Å²) < 4.78 is 18.1. The molecule has 0 radical (unpaired) electrons. The minimum Gasteiger partial charge on any atom is -0.380 e. The summed E-state index contributed by atoms with van der Waals surface area (Å²) in [5.74, 6) is -0.314. The third kappa shape index (κ3) is 3.78. The molecule has 0 fully saturated rings. The van der Waals surface area contributed by atoms with Crippen LogP contribution in [0.5, 0.6) is 0 Å². The molecule has 0 saturated carbocycles. The van der Waals surface area contributed by atoms with Gasteiger partial charge in [-0.25, -0.2) is 4.39 Å². The molecule has 4 heteroatoms. The summed E-state index contributed by atoms with van der Waals surface area (Å²) in [7, 11) is 1.68. The number of nitrogens with zero attached hydrogens (tertiary/aromatic N) is 1. The number of nitrogens with one attached hydrogen (secondary N) is 1. The molecular formula is C16H19FN2O. The quantitative estimate of drug-likeness (QED) is 0.866. The molecule has 0 saturated heterocycles. The van der Waals surface area contributed by atoms with Crippen LogP contribution in [0.1, 0.15) is 30.6 Å². The first kappa shape index (κ1) is 14.5. The Bertz CT molecular complexity index is 542. The van der Waals surface area contributed by atoms with Crippen LogP contribution in [0.4, 0.5) is 10.1 Å². The Morgan fingerprint density at radius 2 is 2.15 bits per heavy atom. The van der Waals surface area contributed by atoms with Crippen LogP contribution >= 0.6 is 0 Å². The predicted molar refractivity (Wildman–Crippen MR) is 78.0 cm³/mol. The molecule has 1 aromatic heterocycles. The molecule has 106 valence electrons. The molecule has 2 rings (SSSR count). The van der Waals surface area contributed by atoms with Crippen molar-refractivity contribution < 1.29 is 9.13 Å². The van der Waals surface area contributed by atoms with E-state index in [2.05, 4.69) is 23.3 Å². The van der Waals surface area contributed by atoms with Crippen LogP contribution in [-0.4, -0.2) is 12.1 Å². The van der Waals surface area contributed by atoms with E-state index in [0.29, 0.717) is 6.61 Å². The Kier molecular flexibility index (Phi) is 5.07. The fraction of sp³-hybridized carbons (Fsp3) is 0.312. The van der Waals surface area contributed by atoms with E-state index >= 15 is 0 Å². The van der Waals surface area contributed by atoms with Crippen LogP contribution in [0.15, 0.2) is 42.6 Å². The van der Waals surface area contributed by atoms with Gasteiger partial charge in [-0.15, -0.1) is 0 Å². The number of ether oxygens (including phenoxy) is 1. The second-order valence-electron chi connectivity index (χ2n) is 4.64. The summed E-state index contributed by atoms with van der Waals surface area (Å²) in [5, 5.41) is 3.42. The number of anilines is 1. The van der Waals surface area contributed by atoms with Gasteiger partial charge >= 0.3 is 0 Å². The van der Waals surface area contributed by atoms with Crippen LogP contribution in [0.3, 0.4) is 0 Å². The Morgan fingerprint density at radius 1 is 1.30 bits per heavy atom. The topological polar surface area (TPSA) is 34.1 Å². The fourth-order valence-electron chi connectivity index (χ4n) is 2.10. The van der Waals surface area contributed by atoms with E-state index in [1.165, 1.54) is 12.3 Å². The van der Waals surface area contributed by atoms with Crippen molar-refractivity contribution >= 4 is 5.69 Å². The van der Waals surface area contributed by atoms with Gasteiger partial charge in [-0.3, -0.25) is 4.98 Å². The van der Waals surface area contributed by atoms with Crippen molar-refractivity contribution in [3.8, 4) is 0 Å². The van der Waals surface area contributed by atoms with Gasteiger partial charge in [0, 0.05) is 12.8 Å². The lowest BCUT2D eigenvalue weighted by Crippen LogP contribution is -2.11. The highest BCUT2D eigenvalue weighted by Gasteiger charge is 2.10. The van der Waals surface area contributed by atoms with Gasteiger partial charge in [0.2, 0.25) is 0 Å². The molecule has 3 nitrogen and oxygen atoms in total. The Labute approximate surface area is 118 Å².